The highest BCUT2D eigenvalue weighted by atomic mass is 16.5. The number of benzene rings is 1. The summed E-state index contributed by atoms with van der Waals surface area (Å²) in [6, 6.07) is 9.47. The van der Waals surface area contributed by atoms with Crippen molar-refractivity contribution in [2.24, 2.45) is 23.7 Å². The first kappa shape index (κ1) is 15.9. The molecule has 1 aromatic rings. The zero-order chi connectivity index (χ0) is 16.6. The number of carbonyl (C=O) groups excluding carboxylic acids is 1. The van der Waals surface area contributed by atoms with Crippen molar-refractivity contribution in [2.45, 2.75) is 37.7 Å². The van der Waals surface area contributed by atoms with E-state index in [2.05, 4.69) is 5.32 Å². The molecule has 5 rings (SSSR count). The van der Waals surface area contributed by atoms with E-state index in [1.165, 1.54) is 32.1 Å². The lowest BCUT2D eigenvalue weighted by Crippen LogP contribution is -2.63. The van der Waals surface area contributed by atoms with E-state index < -0.39 is 0 Å². The highest BCUT2D eigenvalue weighted by Crippen LogP contribution is 2.59. The van der Waals surface area contributed by atoms with E-state index in [9.17, 15) is 4.79 Å². The first-order valence-electron chi connectivity index (χ1n) is 9.19. The van der Waals surface area contributed by atoms with Crippen molar-refractivity contribution in [1.82, 2.24) is 5.32 Å². The minimum absolute atomic E-state index is 0.0599. The largest absolute Gasteiger partial charge is 0.484 e. The normalized spacial score (nSPS) is 36.5. The van der Waals surface area contributed by atoms with Gasteiger partial charge in [-0.3, -0.25) is 4.79 Å². The van der Waals surface area contributed by atoms with Crippen molar-refractivity contribution in [2.75, 3.05) is 20.3 Å². The van der Waals surface area contributed by atoms with E-state index in [4.69, 9.17) is 9.47 Å². The molecule has 4 heteroatoms. The SMILES string of the molecule is COC1(CNC(=O)COc2ccccc2)C2CC3CC(C2)CC1C3. The van der Waals surface area contributed by atoms with Crippen LogP contribution in [0.1, 0.15) is 32.1 Å². The van der Waals surface area contributed by atoms with Crippen LogP contribution < -0.4 is 10.1 Å². The molecule has 1 aromatic carbocycles. The van der Waals surface area contributed by atoms with Crippen LogP contribution in [0.4, 0.5) is 0 Å². The van der Waals surface area contributed by atoms with Crippen LogP contribution in [0, 0.1) is 23.7 Å². The van der Waals surface area contributed by atoms with E-state index in [-0.39, 0.29) is 18.1 Å². The average molecular weight is 329 g/mol. The number of para-hydroxylation sites is 1. The molecule has 1 amide bonds. The third kappa shape index (κ3) is 2.81. The van der Waals surface area contributed by atoms with Crippen LogP contribution in [0.15, 0.2) is 30.3 Å². The maximum atomic E-state index is 12.2. The second-order valence-corrected chi connectivity index (χ2v) is 7.84. The molecule has 0 aromatic heterocycles. The molecule has 4 nitrogen and oxygen atoms in total. The molecule has 0 aliphatic heterocycles. The van der Waals surface area contributed by atoms with Crippen LogP contribution in [0.25, 0.3) is 0 Å². The summed E-state index contributed by atoms with van der Waals surface area (Å²) in [6.07, 6.45) is 6.52. The molecule has 130 valence electrons. The molecule has 0 spiro atoms. The maximum absolute atomic E-state index is 12.2. The minimum atomic E-state index is -0.157. The van der Waals surface area contributed by atoms with Crippen LogP contribution in [-0.4, -0.2) is 31.8 Å². The summed E-state index contributed by atoms with van der Waals surface area (Å²) in [4.78, 5) is 12.2. The van der Waals surface area contributed by atoms with Crippen LogP contribution in [0.2, 0.25) is 0 Å². The van der Waals surface area contributed by atoms with Gasteiger partial charge in [-0.05, 0) is 67.9 Å². The Morgan fingerprint density at radius 2 is 1.71 bits per heavy atom. The first-order chi connectivity index (χ1) is 11.7. The molecular weight excluding hydrogens is 302 g/mol. The molecule has 0 unspecified atom stereocenters. The Bertz CT molecular complexity index is 558. The smallest absolute Gasteiger partial charge is 0.258 e. The average Bonchev–Trinajstić information content (AvgIpc) is 2.60. The molecule has 0 atom stereocenters. The van der Waals surface area contributed by atoms with Gasteiger partial charge in [0.05, 0.1) is 5.60 Å². The predicted molar refractivity (Wildman–Crippen MR) is 91.7 cm³/mol. The van der Waals surface area contributed by atoms with Crippen molar-refractivity contribution in [1.29, 1.82) is 0 Å². The number of carbonyl (C=O) groups is 1. The van der Waals surface area contributed by atoms with E-state index >= 15 is 0 Å². The highest BCUT2D eigenvalue weighted by molar-refractivity contribution is 5.77. The van der Waals surface area contributed by atoms with Gasteiger partial charge in [0.1, 0.15) is 5.75 Å². The van der Waals surface area contributed by atoms with Crippen molar-refractivity contribution < 1.29 is 14.3 Å². The van der Waals surface area contributed by atoms with Gasteiger partial charge in [0, 0.05) is 13.7 Å². The molecular formula is C20H27NO3. The number of nitrogens with one attached hydrogen (secondary N) is 1. The first-order valence-corrected chi connectivity index (χ1v) is 9.19. The Balaban J connectivity index is 1.34. The minimum Gasteiger partial charge on any atom is -0.484 e. The second-order valence-electron chi connectivity index (χ2n) is 7.84. The van der Waals surface area contributed by atoms with Crippen LogP contribution in [-0.2, 0) is 9.53 Å². The molecule has 0 heterocycles. The third-order valence-electron chi connectivity index (χ3n) is 6.58. The summed E-state index contributed by atoms with van der Waals surface area (Å²) in [7, 11) is 1.83. The summed E-state index contributed by atoms with van der Waals surface area (Å²) in [5.74, 6) is 3.66. The van der Waals surface area contributed by atoms with Crippen molar-refractivity contribution in [3.8, 4) is 5.75 Å². The van der Waals surface area contributed by atoms with Crippen LogP contribution in [0.3, 0.4) is 0 Å². The van der Waals surface area contributed by atoms with Gasteiger partial charge in [-0.25, -0.2) is 0 Å². The summed E-state index contributed by atoms with van der Waals surface area (Å²) >= 11 is 0. The van der Waals surface area contributed by atoms with Crippen molar-refractivity contribution in [3.63, 3.8) is 0 Å². The fourth-order valence-electron chi connectivity index (χ4n) is 5.63. The van der Waals surface area contributed by atoms with Gasteiger partial charge in [0.25, 0.3) is 5.91 Å². The number of ether oxygens (including phenoxy) is 2. The van der Waals surface area contributed by atoms with E-state index in [0.29, 0.717) is 18.4 Å². The van der Waals surface area contributed by atoms with Crippen molar-refractivity contribution >= 4 is 5.91 Å². The van der Waals surface area contributed by atoms with Gasteiger partial charge in [-0.2, -0.15) is 0 Å². The van der Waals surface area contributed by atoms with Gasteiger partial charge in [-0.15, -0.1) is 0 Å². The molecule has 24 heavy (non-hydrogen) atoms. The van der Waals surface area contributed by atoms with Crippen molar-refractivity contribution in [3.05, 3.63) is 30.3 Å². The highest BCUT2D eigenvalue weighted by Gasteiger charge is 2.57. The summed E-state index contributed by atoms with van der Waals surface area (Å²) in [6.45, 7) is 0.680. The molecule has 1 N–H and O–H groups in total. The molecule has 4 saturated carbocycles. The summed E-state index contributed by atoms with van der Waals surface area (Å²) < 4.78 is 11.6. The molecule has 0 saturated heterocycles. The topological polar surface area (TPSA) is 47.6 Å². The molecule has 4 aliphatic carbocycles. The monoisotopic (exact) mass is 329 g/mol. The Morgan fingerprint density at radius 1 is 1.08 bits per heavy atom. The van der Waals surface area contributed by atoms with Gasteiger partial charge in [0.15, 0.2) is 6.61 Å². The Labute approximate surface area is 143 Å². The lowest BCUT2D eigenvalue weighted by Gasteiger charge is -2.60. The lowest BCUT2D eigenvalue weighted by atomic mass is 9.49. The molecule has 0 radical (unpaired) electrons. The number of hydrogen-bond donors (Lipinski definition) is 1. The van der Waals surface area contributed by atoms with Gasteiger partial charge < -0.3 is 14.8 Å². The fraction of sp³-hybridized carbons (Fsp3) is 0.650. The van der Waals surface area contributed by atoms with E-state index in [0.717, 1.165) is 17.6 Å². The number of methoxy groups -OCH3 is 1. The van der Waals surface area contributed by atoms with Gasteiger partial charge in [0.2, 0.25) is 0 Å². The fourth-order valence-corrected chi connectivity index (χ4v) is 5.63. The summed E-state index contributed by atoms with van der Waals surface area (Å²) in [5, 5.41) is 3.08. The molecule has 4 bridgehead atoms. The Hall–Kier alpha value is -1.55. The Morgan fingerprint density at radius 3 is 2.29 bits per heavy atom. The Kier molecular flexibility index (Phi) is 4.25. The van der Waals surface area contributed by atoms with E-state index in [1.54, 1.807) is 0 Å². The maximum Gasteiger partial charge on any atom is 0.258 e. The third-order valence-corrected chi connectivity index (χ3v) is 6.58. The predicted octanol–water partition coefficient (Wildman–Crippen LogP) is 3.02. The van der Waals surface area contributed by atoms with E-state index in [1.807, 2.05) is 37.4 Å². The lowest BCUT2D eigenvalue weighted by molar-refractivity contribution is -0.188. The van der Waals surface area contributed by atoms with Crippen LogP contribution in [0.5, 0.6) is 5.75 Å². The zero-order valence-corrected chi connectivity index (χ0v) is 14.4. The quantitative estimate of drug-likeness (QED) is 0.873. The number of rotatable bonds is 6. The molecule has 4 fully saturated rings. The van der Waals surface area contributed by atoms with Gasteiger partial charge in [-0.1, -0.05) is 18.2 Å². The zero-order valence-electron chi connectivity index (χ0n) is 14.4. The number of amides is 1. The van der Waals surface area contributed by atoms with Gasteiger partial charge >= 0.3 is 0 Å². The van der Waals surface area contributed by atoms with Crippen LogP contribution >= 0.6 is 0 Å². The summed E-state index contributed by atoms with van der Waals surface area (Å²) in [5.41, 5.74) is -0.157. The number of hydrogen-bond acceptors (Lipinski definition) is 3. The second kappa shape index (κ2) is 6.40. The standard InChI is InChI=1S/C20H27NO3/c1-23-20(16-8-14-7-15(10-16)11-17(20)9-14)13-21-19(22)12-24-18-5-3-2-4-6-18/h2-6,14-17H,7-13H2,1H3,(H,21,22). The molecule has 4 aliphatic rings.